The topological polar surface area (TPSA) is 54.5 Å². The number of aromatic nitrogens is 3. The largest absolute Gasteiger partial charge is 0.243 e. The van der Waals surface area contributed by atoms with E-state index in [4.69, 9.17) is 16.9 Å². The Kier molecular flexibility index (Phi) is 3.22. The smallest absolute Gasteiger partial charge is 0.186 e. The highest BCUT2D eigenvalue weighted by Gasteiger charge is 2.27. The summed E-state index contributed by atoms with van der Waals surface area (Å²) in [6.07, 6.45) is 3.45. The van der Waals surface area contributed by atoms with Crippen LogP contribution >= 0.6 is 11.6 Å². The van der Waals surface area contributed by atoms with Gasteiger partial charge >= 0.3 is 0 Å². The molecule has 19 heavy (non-hydrogen) atoms. The van der Waals surface area contributed by atoms with Crippen molar-refractivity contribution in [3.05, 3.63) is 46.2 Å². The Balaban J connectivity index is 1.95. The third-order valence-electron chi connectivity index (χ3n) is 3.65. The van der Waals surface area contributed by atoms with Crippen molar-refractivity contribution >= 4 is 11.6 Å². The zero-order valence-electron chi connectivity index (χ0n) is 10.4. The van der Waals surface area contributed by atoms with Gasteiger partial charge in [0, 0.05) is 10.9 Å². The van der Waals surface area contributed by atoms with E-state index in [1.165, 1.54) is 6.42 Å². The maximum atomic E-state index is 9.13. The minimum absolute atomic E-state index is 0.423. The van der Waals surface area contributed by atoms with Crippen LogP contribution in [0.1, 0.15) is 42.1 Å². The lowest BCUT2D eigenvalue weighted by Gasteiger charge is -2.25. The first-order valence-corrected chi connectivity index (χ1v) is 6.74. The molecule has 1 saturated carbocycles. The summed E-state index contributed by atoms with van der Waals surface area (Å²) < 4.78 is 1.82. The van der Waals surface area contributed by atoms with Crippen molar-refractivity contribution in [1.82, 2.24) is 15.0 Å². The first kappa shape index (κ1) is 12.2. The Morgan fingerprint density at radius 2 is 2.16 bits per heavy atom. The molecule has 1 aliphatic carbocycles. The third kappa shape index (κ3) is 2.22. The maximum absolute atomic E-state index is 9.13. The van der Waals surface area contributed by atoms with Crippen LogP contribution in [-0.2, 0) is 6.54 Å². The lowest BCUT2D eigenvalue weighted by Crippen LogP contribution is -2.17. The summed E-state index contributed by atoms with van der Waals surface area (Å²) in [6, 6.07) is 9.83. The number of nitriles is 1. The van der Waals surface area contributed by atoms with Gasteiger partial charge in [0.1, 0.15) is 6.07 Å². The molecule has 1 heterocycles. The predicted molar refractivity (Wildman–Crippen MR) is 71.9 cm³/mol. The van der Waals surface area contributed by atoms with Crippen LogP contribution in [0.15, 0.2) is 24.3 Å². The molecule has 1 fully saturated rings. The molecule has 1 aliphatic rings. The fourth-order valence-corrected chi connectivity index (χ4v) is 2.59. The van der Waals surface area contributed by atoms with Crippen LogP contribution < -0.4 is 0 Å². The summed E-state index contributed by atoms with van der Waals surface area (Å²) in [7, 11) is 0. The monoisotopic (exact) mass is 272 g/mol. The van der Waals surface area contributed by atoms with Crippen LogP contribution in [-0.4, -0.2) is 15.0 Å². The lowest BCUT2D eigenvalue weighted by atomic mass is 9.82. The second-order valence-electron chi connectivity index (χ2n) is 4.81. The minimum atomic E-state index is 0.423. The van der Waals surface area contributed by atoms with Crippen LogP contribution in [0.25, 0.3) is 0 Å². The quantitative estimate of drug-likeness (QED) is 0.863. The molecular formula is C14H13ClN4. The van der Waals surface area contributed by atoms with Gasteiger partial charge in [-0.05, 0) is 24.5 Å². The average molecular weight is 273 g/mol. The van der Waals surface area contributed by atoms with Crippen molar-refractivity contribution in [2.45, 2.75) is 31.7 Å². The number of rotatable bonds is 3. The molecule has 3 rings (SSSR count). The molecule has 96 valence electrons. The molecule has 0 unspecified atom stereocenters. The summed E-state index contributed by atoms with van der Waals surface area (Å²) in [5.41, 5.74) is 2.42. The first-order chi connectivity index (χ1) is 9.29. The second kappa shape index (κ2) is 5.02. The van der Waals surface area contributed by atoms with Crippen molar-refractivity contribution in [2.75, 3.05) is 0 Å². The number of nitrogens with zero attached hydrogens (tertiary/aromatic N) is 4. The molecule has 2 aromatic rings. The van der Waals surface area contributed by atoms with E-state index in [0.29, 0.717) is 18.2 Å². The van der Waals surface area contributed by atoms with Gasteiger partial charge in [0.15, 0.2) is 5.69 Å². The third-order valence-corrected chi connectivity index (χ3v) is 4.02. The minimum Gasteiger partial charge on any atom is -0.243 e. The van der Waals surface area contributed by atoms with Crippen molar-refractivity contribution in [2.24, 2.45) is 0 Å². The molecule has 1 aromatic heterocycles. The lowest BCUT2D eigenvalue weighted by molar-refractivity contribution is 0.391. The van der Waals surface area contributed by atoms with Crippen LogP contribution in [0.5, 0.6) is 0 Å². The normalized spacial score (nSPS) is 14.9. The molecule has 5 heteroatoms. The first-order valence-electron chi connectivity index (χ1n) is 6.36. The molecule has 0 atom stereocenters. The van der Waals surface area contributed by atoms with Crippen molar-refractivity contribution in [3.8, 4) is 6.07 Å². The Bertz CT molecular complexity index is 637. The summed E-state index contributed by atoms with van der Waals surface area (Å²) in [4.78, 5) is 0. The van der Waals surface area contributed by atoms with E-state index in [-0.39, 0.29) is 0 Å². The summed E-state index contributed by atoms with van der Waals surface area (Å²) in [5, 5.41) is 17.9. The fraction of sp³-hybridized carbons (Fsp3) is 0.357. The number of benzene rings is 1. The molecule has 0 saturated heterocycles. The van der Waals surface area contributed by atoms with Gasteiger partial charge < -0.3 is 0 Å². The van der Waals surface area contributed by atoms with E-state index < -0.39 is 0 Å². The molecule has 0 bridgehead atoms. The Morgan fingerprint density at radius 3 is 2.79 bits per heavy atom. The van der Waals surface area contributed by atoms with Gasteiger partial charge in [-0.25, -0.2) is 4.68 Å². The van der Waals surface area contributed by atoms with Crippen LogP contribution in [0, 0.1) is 11.3 Å². The summed E-state index contributed by atoms with van der Waals surface area (Å²) in [5.74, 6) is 0.423. The van der Waals surface area contributed by atoms with Crippen molar-refractivity contribution < 1.29 is 0 Å². The van der Waals surface area contributed by atoms with E-state index >= 15 is 0 Å². The Hall–Kier alpha value is -1.86. The van der Waals surface area contributed by atoms with E-state index in [1.807, 2.05) is 28.9 Å². The number of hydrogen-bond donors (Lipinski definition) is 0. The van der Waals surface area contributed by atoms with Gasteiger partial charge in [0.05, 0.1) is 12.2 Å². The zero-order valence-corrected chi connectivity index (χ0v) is 11.1. The molecule has 1 aromatic carbocycles. The van der Waals surface area contributed by atoms with E-state index in [0.717, 1.165) is 29.1 Å². The second-order valence-corrected chi connectivity index (χ2v) is 5.22. The number of halogens is 1. The fourth-order valence-electron chi connectivity index (χ4n) is 2.39. The molecule has 4 nitrogen and oxygen atoms in total. The predicted octanol–water partition coefficient (Wildman–Crippen LogP) is 3.12. The summed E-state index contributed by atoms with van der Waals surface area (Å²) >= 11 is 6.17. The van der Waals surface area contributed by atoms with Crippen molar-refractivity contribution in [1.29, 1.82) is 5.26 Å². The molecule has 0 N–H and O–H groups in total. The highest BCUT2D eigenvalue weighted by molar-refractivity contribution is 6.31. The van der Waals surface area contributed by atoms with Gasteiger partial charge in [0.25, 0.3) is 0 Å². The van der Waals surface area contributed by atoms with E-state index in [9.17, 15) is 0 Å². The number of hydrogen-bond acceptors (Lipinski definition) is 3. The average Bonchev–Trinajstić information content (AvgIpc) is 2.73. The van der Waals surface area contributed by atoms with E-state index in [2.05, 4.69) is 16.4 Å². The summed E-state index contributed by atoms with van der Waals surface area (Å²) in [6.45, 7) is 0.570. The van der Waals surface area contributed by atoms with Gasteiger partial charge in [-0.15, -0.1) is 5.10 Å². The molecule has 0 spiro atoms. The van der Waals surface area contributed by atoms with Gasteiger partial charge in [0.2, 0.25) is 0 Å². The highest BCUT2D eigenvalue weighted by atomic mass is 35.5. The zero-order chi connectivity index (χ0) is 13.2. The SMILES string of the molecule is N#Cc1nnn(Cc2ccccc2Cl)c1C1CCC1. The van der Waals surface area contributed by atoms with Gasteiger partial charge in [-0.3, -0.25) is 0 Å². The van der Waals surface area contributed by atoms with Crippen LogP contribution in [0.3, 0.4) is 0 Å². The van der Waals surface area contributed by atoms with Crippen molar-refractivity contribution in [3.63, 3.8) is 0 Å². The molecule has 0 aliphatic heterocycles. The maximum Gasteiger partial charge on any atom is 0.186 e. The standard InChI is InChI=1S/C14H13ClN4/c15-12-7-2-1-4-11(12)9-19-14(10-5-3-6-10)13(8-16)17-18-19/h1-2,4,7,10H,3,5-6,9H2. The molecular weight excluding hydrogens is 260 g/mol. The Morgan fingerprint density at radius 1 is 1.37 bits per heavy atom. The van der Waals surface area contributed by atoms with Gasteiger partial charge in [-0.1, -0.05) is 41.4 Å². The van der Waals surface area contributed by atoms with Gasteiger partial charge in [-0.2, -0.15) is 5.26 Å². The highest BCUT2D eigenvalue weighted by Crippen LogP contribution is 2.37. The van der Waals surface area contributed by atoms with Crippen LogP contribution in [0.4, 0.5) is 0 Å². The van der Waals surface area contributed by atoms with Crippen LogP contribution in [0.2, 0.25) is 5.02 Å². The Labute approximate surface area is 116 Å². The molecule has 0 amide bonds. The van der Waals surface area contributed by atoms with E-state index in [1.54, 1.807) is 0 Å². The molecule has 0 radical (unpaired) electrons.